The van der Waals surface area contributed by atoms with Crippen LogP contribution in [0, 0.1) is 6.07 Å². The molecule has 0 N–H and O–H groups in total. The Morgan fingerprint density at radius 2 is 2.00 bits per heavy atom. The fraction of sp³-hybridized carbons (Fsp3) is 0.455. The van der Waals surface area contributed by atoms with Crippen molar-refractivity contribution in [1.29, 1.82) is 0 Å². The van der Waals surface area contributed by atoms with Gasteiger partial charge in [0.15, 0.2) is 0 Å². The number of hydrogen-bond donors (Lipinski definition) is 0. The first-order chi connectivity index (χ1) is 7.56. The number of sulfonamides is 1. The van der Waals surface area contributed by atoms with Gasteiger partial charge >= 0.3 is 0 Å². The quantitative estimate of drug-likeness (QED) is 0.786. The van der Waals surface area contributed by atoms with Gasteiger partial charge in [-0.3, -0.25) is 0 Å². The zero-order valence-electron chi connectivity index (χ0n) is 9.73. The SMILES string of the molecule is CCN(CC)S(=O)(=O)c1cc[c]c(OC)c1. The van der Waals surface area contributed by atoms with Crippen molar-refractivity contribution < 1.29 is 13.2 Å². The van der Waals surface area contributed by atoms with Crippen LogP contribution in [0.5, 0.6) is 5.75 Å². The predicted molar refractivity (Wildman–Crippen MR) is 61.9 cm³/mol. The van der Waals surface area contributed by atoms with E-state index in [-0.39, 0.29) is 4.90 Å². The normalized spacial score (nSPS) is 11.8. The number of methoxy groups -OCH3 is 1. The van der Waals surface area contributed by atoms with Crippen LogP contribution in [0.15, 0.2) is 23.1 Å². The summed E-state index contributed by atoms with van der Waals surface area (Å²) in [6, 6.07) is 7.35. The maximum Gasteiger partial charge on any atom is 0.243 e. The van der Waals surface area contributed by atoms with Crippen LogP contribution >= 0.6 is 0 Å². The minimum absolute atomic E-state index is 0.242. The van der Waals surface area contributed by atoms with E-state index in [1.165, 1.54) is 23.5 Å². The predicted octanol–water partition coefficient (Wildman–Crippen LogP) is 1.53. The molecular formula is C11H16NO3S. The summed E-state index contributed by atoms with van der Waals surface area (Å²) in [7, 11) is -1.91. The molecule has 0 fully saturated rings. The molecule has 1 aromatic rings. The van der Waals surface area contributed by atoms with E-state index in [2.05, 4.69) is 6.07 Å². The summed E-state index contributed by atoms with van der Waals surface area (Å²) >= 11 is 0. The molecule has 5 heteroatoms. The van der Waals surface area contributed by atoms with Gasteiger partial charge in [-0.1, -0.05) is 13.8 Å². The van der Waals surface area contributed by atoms with Crippen LogP contribution in [0.2, 0.25) is 0 Å². The van der Waals surface area contributed by atoms with Gasteiger partial charge in [0.25, 0.3) is 0 Å². The van der Waals surface area contributed by atoms with Crippen LogP contribution in [0.25, 0.3) is 0 Å². The van der Waals surface area contributed by atoms with Crippen LogP contribution in [0.3, 0.4) is 0 Å². The smallest absolute Gasteiger partial charge is 0.243 e. The molecule has 0 bridgehead atoms. The molecule has 0 aliphatic heterocycles. The molecule has 0 heterocycles. The molecule has 1 radical (unpaired) electrons. The van der Waals surface area contributed by atoms with Crippen LogP contribution < -0.4 is 4.74 Å². The second-order valence-corrected chi connectivity index (χ2v) is 5.12. The lowest BCUT2D eigenvalue weighted by atomic mass is 10.3. The minimum atomic E-state index is -3.40. The first-order valence-corrected chi connectivity index (χ1v) is 6.56. The average molecular weight is 242 g/mol. The average Bonchev–Trinajstić information content (AvgIpc) is 2.30. The summed E-state index contributed by atoms with van der Waals surface area (Å²) in [4.78, 5) is 0.242. The first kappa shape index (κ1) is 13.0. The summed E-state index contributed by atoms with van der Waals surface area (Å²) in [5.41, 5.74) is 0. The van der Waals surface area contributed by atoms with E-state index in [0.717, 1.165) is 0 Å². The van der Waals surface area contributed by atoms with E-state index in [0.29, 0.717) is 18.8 Å². The van der Waals surface area contributed by atoms with Crippen molar-refractivity contribution in [2.45, 2.75) is 18.7 Å². The van der Waals surface area contributed by atoms with Gasteiger partial charge < -0.3 is 4.74 Å². The van der Waals surface area contributed by atoms with Crippen molar-refractivity contribution in [2.24, 2.45) is 0 Å². The largest absolute Gasteiger partial charge is 0.496 e. The lowest BCUT2D eigenvalue weighted by molar-refractivity contribution is 0.411. The van der Waals surface area contributed by atoms with Gasteiger partial charge in [0.2, 0.25) is 10.0 Å². The second kappa shape index (κ2) is 5.32. The molecule has 0 aliphatic carbocycles. The number of nitrogens with zero attached hydrogens (tertiary/aromatic N) is 1. The van der Waals surface area contributed by atoms with Gasteiger partial charge in [-0.25, -0.2) is 8.42 Å². The van der Waals surface area contributed by atoms with Gasteiger partial charge in [0.05, 0.1) is 12.0 Å². The molecule has 4 nitrogen and oxygen atoms in total. The van der Waals surface area contributed by atoms with Gasteiger partial charge in [0.1, 0.15) is 5.75 Å². The molecule has 0 aliphatic rings. The third-order valence-corrected chi connectivity index (χ3v) is 4.36. The monoisotopic (exact) mass is 242 g/mol. The van der Waals surface area contributed by atoms with E-state index < -0.39 is 10.0 Å². The standard InChI is InChI=1S/C11H16NO3S/c1-4-12(5-2)16(13,14)11-8-6-7-10(9-11)15-3/h6,8-9H,4-5H2,1-3H3. The Bertz CT molecular complexity index is 438. The fourth-order valence-corrected chi connectivity index (χ4v) is 2.89. The van der Waals surface area contributed by atoms with Crippen molar-refractivity contribution in [3.63, 3.8) is 0 Å². The molecule has 0 spiro atoms. The molecule has 0 atom stereocenters. The van der Waals surface area contributed by atoms with Crippen molar-refractivity contribution >= 4 is 10.0 Å². The van der Waals surface area contributed by atoms with Crippen LogP contribution in [-0.2, 0) is 10.0 Å². The summed E-state index contributed by atoms with van der Waals surface area (Å²) in [5, 5.41) is 0. The Morgan fingerprint density at radius 3 is 2.50 bits per heavy atom. The molecular weight excluding hydrogens is 226 g/mol. The first-order valence-electron chi connectivity index (χ1n) is 5.12. The Morgan fingerprint density at radius 1 is 1.38 bits per heavy atom. The van der Waals surface area contributed by atoms with E-state index >= 15 is 0 Å². The number of benzene rings is 1. The highest BCUT2D eigenvalue weighted by atomic mass is 32.2. The van der Waals surface area contributed by atoms with Gasteiger partial charge in [-0.05, 0) is 12.1 Å². The summed E-state index contributed by atoms with van der Waals surface area (Å²) < 4.78 is 30.6. The van der Waals surface area contributed by atoms with Crippen molar-refractivity contribution in [3.8, 4) is 5.75 Å². The second-order valence-electron chi connectivity index (χ2n) is 3.18. The van der Waals surface area contributed by atoms with Gasteiger partial charge in [-0.2, -0.15) is 4.31 Å². The fourth-order valence-electron chi connectivity index (χ4n) is 1.42. The van der Waals surface area contributed by atoms with Gasteiger partial charge in [0, 0.05) is 25.2 Å². The molecule has 0 unspecified atom stereocenters. The summed E-state index contributed by atoms with van der Waals surface area (Å²) in [6.45, 7) is 4.54. The molecule has 1 rings (SSSR count). The van der Waals surface area contributed by atoms with E-state index in [4.69, 9.17) is 4.74 Å². The van der Waals surface area contributed by atoms with Crippen molar-refractivity contribution in [1.82, 2.24) is 4.31 Å². The van der Waals surface area contributed by atoms with Crippen LogP contribution in [0.1, 0.15) is 13.8 Å². The highest BCUT2D eigenvalue weighted by molar-refractivity contribution is 7.89. The Hall–Kier alpha value is -1.07. The highest BCUT2D eigenvalue weighted by Crippen LogP contribution is 2.19. The zero-order valence-corrected chi connectivity index (χ0v) is 10.5. The summed E-state index contributed by atoms with van der Waals surface area (Å²) in [5.74, 6) is 0.424. The molecule has 0 saturated carbocycles. The molecule has 1 aromatic carbocycles. The molecule has 0 saturated heterocycles. The highest BCUT2D eigenvalue weighted by Gasteiger charge is 2.21. The van der Waals surface area contributed by atoms with Crippen LogP contribution in [-0.4, -0.2) is 32.9 Å². The molecule has 16 heavy (non-hydrogen) atoms. The lowest BCUT2D eigenvalue weighted by Gasteiger charge is -2.18. The third kappa shape index (κ3) is 2.54. The molecule has 0 amide bonds. The lowest BCUT2D eigenvalue weighted by Crippen LogP contribution is -2.30. The van der Waals surface area contributed by atoms with Gasteiger partial charge in [-0.15, -0.1) is 0 Å². The maximum absolute atomic E-state index is 12.1. The topological polar surface area (TPSA) is 46.6 Å². The minimum Gasteiger partial charge on any atom is -0.496 e. The van der Waals surface area contributed by atoms with E-state index in [1.54, 1.807) is 6.07 Å². The Labute approximate surface area is 96.9 Å². The Kier molecular flexibility index (Phi) is 4.32. The molecule has 0 aromatic heterocycles. The number of rotatable bonds is 5. The Balaban J connectivity index is 3.16. The summed E-state index contributed by atoms with van der Waals surface area (Å²) in [6.07, 6.45) is 0. The van der Waals surface area contributed by atoms with Crippen LogP contribution in [0.4, 0.5) is 0 Å². The number of hydrogen-bond acceptors (Lipinski definition) is 3. The third-order valence-electron chi connectivity index (χ3n) is 2.31. The van der Waals surface area contributed by atoms with Crippen molar-refractivity contribution in [2.75, 3.05) is 20.2 Å². The maximum atomic E-state index is 12.1. The van der Waals surface area contributed by atoms with E-state index in [1.807, 2.05) is 13.8 Å². The van der Waals surface area contributed by atoms with Crippen molar-refractivity contribution in [3.05, 3.63) is 24.3 Å². The van der Waals surface area contributed by atoms with E-state index in [9.17, 15) is 8.42 Å². The molecule has 89 valence electrons. The zero-order chi connectivity index (χ0) is 12.2. The number of ether oxygens (including phenoxy) is 1.